The molecule has 1 rings (SSSR count). The smallest absolute Gasteiger partial charge is 0.327 e. The van der Waals surface area contributed by atoms with Gasteiger partial charge in [-0.3, -0.25) is 4.79 Å². The van der Waals surface area contributed by atoms with Crippen LogP contribution in [0, 0.1) is 12.3 Å². The summed E-state index contributed by atoms with van der Waals surface area (Å²) >= 11 is 0.936. The molecule has 0 radical (unpaired) electrons. The van der Waals surface area contributed by atoms with Gasteiger partial charge < -0.3 is 10.4 Å². The van der Waals surface area contributed by atoms with Crippen LogP contribution in [0.3, 0.4) is 0 Å². The number of aromatic nitrogens is 2. The molecule has 0 saturated heterocycles. The van der Waals surface area contributed by atoms with Crippen LogP contribution in [0.4, 0.5) is 0 Å². The van der Waals surface area contributed by atoms with E-state index in [2.05, 4.69) is 20.8 Å². The van der Waals surface area contributed by atoms with Crippen molar-refractivity contribution in [3.63, 3.8) is 0 Å². The number of aryl methyl sites for hydroxylation is 1. The molecule has 0 fully saturated rings. The monoisotopic (exact) mass is 253 g/mol. The van der Waals surface area contributed by atoms with E-state index in [1.54, 1.807) is 0 Å². The van der Waals surface area contributed by atoms with Crippen LogP contribution in [-0.4, -0.2) is 32.6 Å². The maximum absolute atomic E-state index is 11.8. The molecule has 17 heavy (non-hydrogen) atoms. The Hall–Kier alpha value is -1.94. The maximum atomic E-state index is 11.8. The molecule has 0 aromatic carbocycles. The molecule has 1 heterocycles. The van der Waals surface area contributed by atoms with Crippen molar-refractivity contribution < 1.29 is 14.7 Å². The predicted molar refractivity (Wildman–Crippen MR) is 61.6 cm³/mol. The van der Waals surface area contributed by atoms with Crippen LogP contribution in [-0.2, 0) is 11.2 Å². The van der Waals surface area contributed by atoms with Crippen molar-refractivity contribution >= 4 is 23.4 Å². The molecule has 90 valence electrons. The molecule has 6 nitrogen and oxygen atoms in total. The average molecular weight is 253 g/mol. The van der Waals surface area contributed by atoms with Crippen LogP contribution in [0.2, 0.25) is 0 Å². The van der Waals surface area contributed by atoms with Crippen LogP contribution in [0.5, 0.6) is 0 Å². The number of nitrogens with zero attached hydrogens (tertiary/aromatic N) is 2. The number of carbonyl (C=O) groups is 2. The number of carboxylic acids is 1. The van der Waals surface area contributed by atoms with Crippen molar-refractivity contribution in [2.24, 2.45) is 0 Å². The first-order chi connectivity index (χ1) is 8.10. The van der Waals surface area contributed by atoms with Crippen LogP contribution < -0.4 is 5.32 Å². The molecule has 1 atom stereocenters. The summed E-state index contributed by atoms with van der Waals surface area (Å²) in [7, 11) is 0. The number of rotatable bonds is 5. The highest BCUT2D eigenvalue weighted by Crippen LogP contribution is 2.11. The fourth-order valence-electron chi connectivity index (χ4n) is 1.15. The summed E-state index contributed by atoms with van der Waals surface area (Å²) in [5.41, 5.74) is 0.553. The zero-order chi connectivity index (χ0) is 12.8. The van der Waals surface area contributed by atoms with Gasteiger partial charge in [0.25, 0.3) is 5.91 Å². The summed E-state index contributed by atoms with van der Waals surface area (Å²) in [6.45, 7) is 1.84. The Morgan fingerprint density at radius 1 is 1.65 bits per heavy atom. The Balaban J connectivity index is 2.78. The number of hydrogen-bond acceptors (Lipinski definition) is 5. The third-order valence-electron chi connectivity index (χ3n) is 2.02. The minimum atomic E-state index is -1.16. The molecule has 1 aromatic heterocycles. The van der Waals surface area contributed by atoms with E-state index in [0.29, 0.717) is 17.0 Å². The fraction of sp³-hybridized carbons (Fsp3) is 0.400. The highest BCUT2D eigenvalue weighted by molar-refractivity contribution is 7.08. The van der Waals surface area contributed by atoms with Crippen molar-refractivity contribution in [2.45, 2.75) is 25.8 Å². The van der Waals surface area contributed by atoms with Crippen LogP contribution in [0.15, 0.2) is 0 Å². The second-order valence-corrected chi connectivity index (χ2v) is 3.93. The van der Waals surface area contributed by atoms with Crippen LogP contribution in [0.25, 0.3) is 0 Å². The molecular weight excluding hydrogens is 242 g/mol. The molecule has 0 bridgehead atoms. The summed E-state index contributed by atoms with van der Waals surface area (Å²) in [6.07, 6.45) is 5.53. The van der Waals surface area contributed by atoms with Gasteiger partial charge in [0.1, 0.15) is 10.9 Å². The molecule has 1 unspecified atom stereocenters. The first kappa shape index (κ1) is 13.1. The summed E-state index contributed by atoms with van der Waals surface area (Å²) in [5, 5.41) is 15.0. The van der Waals surface area contributed by atoms with Crippen molar-refractivity contribution in [2.75, 3.05) is 0 Å². The molecule has 7 heteroatoms. The number of amides is 1. The minimum Gasteiger partial charge on any atom is -0.480 e. The Labute approximate surface area is 102 Å². The highest BCUT2D eigenvalue weighted by atomic mass is 32.1. The topological polar surface area (TPSA) is 92.2 Å². The third-order valence-corrected chi connectivity index (χ3v) is 2.79. The molecule has 1 aromatic rings. The van der Waals surface area contributed by atoms with Gasteiger partial charge in [-0.25, -0.2) is 4.79 Å². The van der Waals surface area contributed by atoms with Gasteiger partial charge >= 0.3 is 5.97 Å². The van der Waals surface area contributed by atoms with Crippen LogP contribution >= 0.6 is 11.5 Å². The largest absolute Gasteiger partial charge is 0.480 e. The average Bonchev–Trinajstić information content (AvgIpc) is 2.76. The Bertz CT molecular complexity index is 464. The Morgan fingerprint density at radius 2 is 2.35 bits per heavy atom. The first-order valence-corrected chi connectivity index (χ1v) is 5.65. The van der Waals surface area contributed by atoms with E-state index in [4.69, 9.17) is 11.5 Å². The van der Waals surface area contributed by atoms with E-state index in [0.717, 1.165) is 11.5 Å². The molecule has 1 amide bonds. The quantitative estimate of drug-likeness (QED) is 0.737. The molecule has 2 N–H and O–H groups in total. The van der Waals surface area contributed by atoms with Gasteiger partial charge in [0.15, 0.2) is 0 Å². The SMILES string of the molecule is C#CCC(NC(=O)c1snnc1CC)C(=O)O. The standard InChI is InChI=1S/C10H11N3O3S/c1-3-5-7(10(15)16)11-9(14)8-6(4-2)12-13-17-8/h1,7H,4-5H2,2H3,(H,11,14)(H,15,16). The molecule has 0 aliphatic heterocycles. The zero-order valence-electron chi connectivity index (χ0n) is 9.14. The summed E-state index contributed by atoms with van der Waals surface area (Å²) in [6, 6.07) is -1.08. The summed E-state index contributed by atoms with van der Waals surface area (Å²) in [5.74, 6) is 0.544. The molecule has 0 aliphatic rings. The number of carboxylic acid groups (broad SMARTS) is 1. The van der Waals surface area contributed by atoms with Crippen molar-refractivity contribution in [3.05, 3.63) is 10.6 Å². The van der Waals surface area contributed by atoms with Crippen molar-refractivity contribution in [1.82, 2.24) is 14.9 Å². The van der Waals surface area contributed by atoms with Gasteiger partial charge in [0, 0.05) is 6.42 Å². The van der Waals surface area contributed by atoms with E-state index in [9.17, 15) is 9.59 Å². The Morgan fingerprint density at radius 3 is 2.88 bits per heavy atom. The number of aliphatic carboxylic acids is 1. The minimum absolute atomic E-state index is 0.0607. The second kappa shape index (κ2) is 5.96. The number of nitrogens with one attached hydrogen (secondary N) is 1. The normalized spacial score (nSPS) is 11.5. The van der Waals surface area contributed by atoms with Crippen molar-refractivity contribution in [3.8, 4) is 12.3 Å². The van der Waals surface area contributed by atoms with E-state index < -0.39 is 17.9 Å². The predicted octanol–water partition coefficient (Wildman–Crippen LogP) is 0.307. The van der Waals surface area contributed by atoms with Gasteiger partial charge in [-0.1, -0.05) is 11.4 Å². The highest BCUT2D eigenvalue weighted by Gasteiger charge is 2.22. The van der Waals surface area contributed by atoms with E-state index in [1.165, 1.54) is 0 Å². The molecule has 0 spiro atoms. The van der Waals surface area contributed by atoms with Gasteiger partial charge in [-0.05, 0) is 18.0 Å². The molecule has 0 aliphatic carbocycles. The lowest BCUT2D eigenvalue weighted by Crippen LogP contribution is -2.40. The first-order valence-electron chi connectivity index (χ1n) is 4.88. The lowest BCUT2D eigenvalue weighted by molar-refractivity contribution is -0.139. The van der Waals surface area contributed by atoms with E-state index in [-0.39, 0.29) is 6.42 Å². The van der Waals surface area contributed by atoms with Gasteiger partial charge in [-0.2, -0.15) is 0 Å². The fourth-order valence-corrected chi connectivity index (χ4v) is 1.81. The Kier molecular flexibility index (Phi) is 4.60. The van der Waals surface area contributed by atoms with Gasteiger partial charge in [0.05, 0.1) is 5.69 Å². The number of hydrogen-bond donors (Lipinski definition) is 2. The third kappa shape index (κ3) is 3.26. The van der Waals surface area contributed by atoms with E-state index >= 15 is 0 Å². The van der Waals surface area contributed by atoms with Crippen LogP contribution in [0.1, 0.15) is 28.7 Å². The summed E-state index contributed by atoms with van der Waals surface area (Å²) < 4.78 is 3.66. The molecule has 0 saturated carbocycles. The lowest BCUT2D eigenvalue weighted by Gasteiger charge is -2.10. The lowest BCUT2D eigenvalue weighted by atomic mass is 10.2. The van der Waals surface area contributed by atoms with Gasteiger partial charge in [0.2, 0.25) is 0 Å². The number of carbonyl (C=O) groups excluding carboxylic acids is 1. The van der Waals surface area contributed by atoms with Crippen molar-refractivity contribution in [1.29, 1.82) is 0 Å². The molecular formula is C10H11N3O3S. The van der Waals surface area contributed by atoms with Gasteiger partial charge in [-0.15, -0.1) is 17.4 Å². The second-order valence-electron chi connectivity index (χ2n) is 3.17. The maximum Gasteiger partial charge on any atom is 0.327 e. The van der Waals surface area contributed by atoms with E-state index in [1.807, 2.05) is 6.92 Å². The summed E-state index contributed by atoms with van der Waals surface area (Å²) in [4.78, 5) is 22.9. The zero-order valence-corrected chi connectivity index (χ0v) is 9.95. The number of terminal acetylenes is 1.